The van der Waals surface area contributed by atoms with E-state index in [-0.39, 0.29) is 17.0 Å². The number of methoxy groups -OCH3 is 2. The van der Waals surface area contributed by atoms with Crippen molar-refractivity contribution in [3.05, 3.63) is 62.9 Å². The van der Waals surface area contributed by atoms with Crippen molar-refractivity contribution in [2.45, 2.75) is 19.4 Å². The predicted molar refractivity (Wildman–Crippen MR) is 113 cm³/mol. The van der Waals surface area contributed by atoms with E-state index in [9.17, 15) is 10.1 Å². The molecule has 0 radical (unpaired) electrons. The van der Waals surface area contributed by atoms with Gasteiger partial charge in [0.25, 0.3) is 5.56 Å². The van der Waals surface area contributed by atoms with Crippen molar-refractivity contribution in [2.24, 2.45) is 5.73 Å². The van der Waals surface area contributed by atoms with Crippen LogP contribution in [0.1, 0.15) is 22.7 Å². The fourth-order valence-electron chi connectivity index (χ4n) is 3.64. The minimum absolute atomic E-state index is 0.0234. The number of benzene rings is 1. The number of hydrogen-bond donors (Lipinski definition) is 1. The first-order chi connectivity index (χ1) is 14.3. The van der Waals surface area contributed by atoms with Gasteiger partial charge in [0.15, 0.2) is 0 Å². The van der Waals surface area contributed by atoms with Crippen molar-refractivity contribution in [3.63, 3.8) is 0 Å². The third-order valence-electron chi connectivity index (χ3n) is 5.21. The Balaban J connectivity index is 2.31. The Morgan fingerprint density at radius 3 is 2.60 bits per heavy atom. The lowest BCUT2D eigenvalue weighted by Crippen LogP contribution is -2.34. The number of fused-ring (bicyclic) bond motifs is 1. The summed E-state index contributed by atoms with van der Waals surface area (Å²) in [5, 5.41) is 9.84. The van der Waals surface area contributed by atoms with Crippen LogP contribution in [-0.4, -0.2) is 44.3 Å². The summed E-state index contributed by atoms with van der Waals surface area (Å²) in [5.74, 6) is 0.695. The van der Waals surface area contributed by atoms with Crippen LogP contribution < -0.4 is 25.5 Å². The first kappa shape index (κ1) is 21.3. The summed E-state index contributed by atoms with van der Waals surface area (Å²) < 4.78 is 18.3. The highest BCUT2D eigenvalue weighted by molar-refractivity contribution is 5.59. The Bertz CT molecular complexity index is 1100. The molecule has 2 heterocycles. The highest BCUT2D eigenvalue weighted by atomic mass is 16.5. The van der Waals surface area contributed by atoms with Crippen molar-refractivity contribution < 1.29 is 14.2 Å². The van der Waals surface area contributed by atoms with Crippen LogP contribution in [0.15, 0.2) is 40.5 Å². The molecule has 0 aliphatic carbocycles. The van der Waals surface area contributed by atoms with Crippen molar-refractivity contribution in [3.8, 4) is 23.3 Å². The molecule has 158 valence electrons. The van der Waals surface area contributed by atoms with Gasteiger partial charge in [0.2, 0.25) is 5.88 Å². The van der Waals surface area contributed by atoms with Gasteiger partial charge in [0.1, 0.15) is 28.9 Å². The molecule has 1 aliphatic heterocycles. The van der Waals surface area contributed by atoms with E-state index in [1.807, 2.05) is 25.9 Å². The zero-order valence-corrected chi connectivity index (χ0v) is 17.9. The fraction of sp³-hybridized carbons (Fsp3) is 0.364. The standard InChI is InChI=1S/C22H26N4O4/c1-13-10-18-20(22(27)26(13)9-8-25(2)3)19(16(12-23)21(24)30-18)15-11-14(28-4)6-7-17(15)29-5/h6-7,10-11,19H,8-9,24H2,1-5H3/t19-/m1/s1. The number of nitrogens with two attached hydrogens (primary N) is 1. The van der Waals surface area contributed by atoms with Gasteiger partial charge in [0, 0.05) is 30.4 Å². The Hall–Kier alpha value is -3.44. The molecule has 1 aromatic carbocycles. The molecule has 0 unspecified atom stereocenters. The summed E-state index contributed by atoms with van der Waals surface area (Å²) in [7, 11) is 6.98. The van der Waals surface area contributed by atoms with E-state index in [0.717, 1.165) is 5.69 Å². The predicted octanol–water partition coefficient (Wildman–Crippen LogP) is 1.95. The SMILES string of the molecule is COc1ccc(OC)c([C@@H]2C(C#N)=C(N)Oc3cc(C)n(CCN(C)C)c(=O)c32)c1. The molecule has 1 atom stereocenters. The molecule has 2 N–H and O–H groups in total. The Morgan fingerprint density at radius 1 is 1.27 bits per heavy atom. The van der Waals surface area contributed by atoms with Crippen molar-refractivity contribution in [1.29, 1.82) is 5.26 Å². The van der Waals surface area contributed by atoms with Gasteiger partial charge in [-0.15, -0.1) is 0 Å². The highest BCUT2D eigenvalue weighted by Crippen LogP contribution is 2.44. The number of ether oxygens (including phenoxy) is 3. The number of aryl methyl sites for hydroxylation is 1. The highest BCUT2D eigenvalue weighted by Gasteiger charge is 2.36. The lowest BCUT2D eigenvalue weighted by Gasteiger charge is -2.28. The molecule has 8 nitrogen and oxygen atoms in total. The Labute approximate surface area is 175 Å². The maximum absolute atomic E-state index is 13.6. The van der Waals surface area contributed by atoms with E-state index in [1.54, 1.807) is 35.9 Å². The van der Waals surface area contributed by atoms with Crippen LogP contribution in [0.2, 0.25) is 0 Å². The second-order valence-corrected chi connectivity index (χ2v) is 7.36. The summed E-state index contributed by atoms with van der Waals surface area (Å²) >= 11 is 0. The van der Waals surface area contributed by atoms with Gasteiger partial charge in [-0.25, -0.2) is 0 Å². The number of aromatic nitrogens is 1. The molecule has 1 aromatic heterocycles. The van der Waals surface area contributed by atoms with Gasteiger partial charge in [-0.1, -0.05) is 0 Å². The number of hydrogen-bond acceptors (Lipinski definition) is 7. The van der Waals surface area contributed by atoms with Gasteiger partial charge in [-0.3, -0.25) is 4.79 Å². The number of allylic oxidation sites excluding steroid dienone is 1. The van der Waals surface area contributed by atoms with Gasteiger partial charge < -0.3 is 29.4 Å². The zero-order chi connectivity index (χ0) is 22.0. The van der Waals surface area contributed by atoms with Crippen LogP contribution >= 0.6 is 0 Å². The largest absolute Gasteiger partial charge is 0.497 e. The van der Waals surface area contributed by atoms with E-state index >= 15 is 0 Å². The fourth-order valence-corrected chi connectivity index (χ4v) is 3.64. The van der Waals surface area contributed by atoms with Crippen molar-refractivity contribution in [2.75, 3.05) is 34.9 Å². The Morgan fingerprint density at radius 2 is 2.00 bits per heavy atom. The Kier molecular flexibility index (Phi) is 6.04. The van der Waals surface area contributed by atoms with Gasteiger partial charge in [0.05, 0.1) is 25.7 Å². The molecule has 3 rings (SSSR count). The zero-order valence-electron chi connectivity index (χ0n) is 17.9. The third kappa shape index (κ3) is 3.72. The maximum Gasteiger partial charge on any atom is 0.258 e. The molecular formula is C22H26N4O4. The smallest absolute Gasteiger partial charge is 0.258 e. The molecule has 0 fully saturated rings. The van der Waals surface area contributed by atoms with Crippen LogP contribution in [0.5, 0.6) is 17.2 Å². The minimum atomic E-state index is -0.734. The molecule has 0 amide bonds. The van der Waals surface area contributed by atoms with E-state index in [2.05, 4.69) is 6.07 Å². The lowest BCUT2D eigenvalue weighted by atomic mass is 9.83. The first-order valence-corrected chi connectivity index (χ1v) is 9.50. The summed E-state index contributed by atoms with van der Waals surface area (Å²) in [6.07, 6.45) is 0. The van der Waals surface area contributed by atoms with Crippen LogP contribution in [-0.2, 0) is 6.54 Å². The first-order valence-electron chi connectivity index (χ1n) is 9.50. The number of likely N-dealkylation sites (N-methyl/N-ethyl adjacent to an activating group) is 1. The summed E-state index contributed by atoms with van der Waals surface area (Å²) in [5.41, 5.74) is 7.74. The van der Waals surface area contributed by atoms with Crippen LogP contribution in [0.3, 0.4) is 0 Å². The molecule has 0 saturated heterocycles. The number of nitrogens with zero attached hydrogens (tertiary/aromatic N) is 3. The number of rotatable bonds is 6. The molecule has 0 spiro atoms. The van der Waals surface area contributed by atoms with E-state index in [0.29, 0.717) is 41.5 Å². The number of nitriles is 1. The van der Waals surface area contributed by atoms with Gasteiger partial charge in [-0.05, 0) is 39.2 Å². The summed E-state index contributed by atoms with van der Waals surface area (Å²) in [6, 6.07) is 9.16. The molecular weight excluding hydrogens is 384 g/mol. The molecule has 1 aliphatic rings. The van der Waals surface area contributed by atoms with E-state index < -0.39 is 5.92 Å². The third-order valence-corrected chi connectivity index (χ3v) is 5.21. The maximum atomic E-state index is 13.6. The summed E-state index contributed by atoms with van der Waals surface area (Å²) in [4.78, 5) is 15.6. The lowest BCUT2D eigenvalue weighted by molar-refractivity contribution is 0.367. The summed E-state index contributed by atoms with van der Waals surface area (Å²) in [6.45, 7) is 3.05. The molecule has 30 heavy (non-hydrogen) atoms. The van der Waals surface area contributed by atoms with Gasteiger partial charge in [-0.2, -0.15) is 5.26 Å². The quantitative estimate of drug-likeness (QED) is 0.776. The van der Waals surface area contributed by atoms with Crippen molar-refractivity contribution >= 4 is 0 Å². The average Bonchev–Trinajstić information content (AvgIpc) is 2.71. The van der Waals surface area contributed by atoms with Crippen molar-refractivity contribution in [1.82, 2.24) is 9.47 Å². The average molecular weight is 410 g/mol. The van der Waals surface area contributed by atoms with Gasteiger partial charge >= 0.3 is 0 Å². The van der Waals surface area contributed by atoms with Crippen LogP contribution in [0, 0.1) is 18.3 Å². The normalized spacial score (nSPS) is 15.4. The minimum Gasteiger partial charge on any atom is -0.497 e. The topological polar surface area (TPSA) is 103 Å². The second-order valence-electron chi connectivity index (χ2n) is 7.36. The van der Waals surface area contributed by atoms with Crippen LogP contribution in [0.25, 0.3) is 0 Å². The van der Waals surface area contributed by atoms with E-state index in [1.165, 1.54) is 7.11 Å². The molecule has 2 aromatic rings. The number of pyridine rings is 1. The molecule has 8 heteroatoms. The second kappa shape index (κ2) is 8.51. The van der Waals surface area contributed by atoms with Crippen LogP contribution in [0.4, 0.5) is 0 Å². The molecule has 0 bridgehead atoms. The molecule has 0 saturated carbocycles. The monoisotopic (exact) mass is 410 g/mol. The van der Waals surface area contributed by atoms with E-state index in [4.69, 9.17) is 19.9 Å².